The molecule has 1 amide bonds. The van der Waals surface area contributed by atoms with Gasteiger partial charge in [-0.25, -0.2) is 0 Å². The largest absolute Gasteiger partial charge is 0.488 e. The summed E-state index contributed by atoms with van der Waals surface area (Å²) in [5.41, 5.74) is 0.973. The van der Waals surface area contributed by atoms with Crippen LogP contribution in [0.3, 0.4) is 0 Å². The third-order valence-electron chi connectivity index (χ3n) is 3.57. The highest BCUT2D eigenvalue weighted by molar-refractivity contribution is 6.30. The normalized spacial score (nSPS) is 12.9. The van der Waals surface area contributed by atoms with E-state index in [1.165, 1.54) is 12.1 Å². The molecule has 6 nitrogen and oxygen atoms in total. The molecule has 0 saturated carbocycles. The van der Waals surface area contributed by atoms with Crippen molar-refractivity contribution in [1.29, 1.82) is 0 Å². The molecule has 8 heteroatoms. The molecule has 3 rings (SSSR count). The summed E-state index contributed by atoms with van der Waals surface area (Å²) in [6.07, 6.45) is 4.67. The van der Waals surface area contributed by atoms with Crippen LogP contribution in [0.5, 0.6) is 5.75 Å². The number of nitrogens with zero attached hydrogens (tertiary/aromatic N) is 1. The number of nitrogens with one attached hydrogen (secondary N) is 1. The summed E-state index contributed by atoms with van der Waals surface area (Å²) in [5.74, 6) is -0.774. The zero-order valence-corrected chi connectivity index (χ0v) is 14.0. The van der Waals surface area contributed by atoms with E-state index in [2.05, 4.69) is 5.32 Å². The summed E-state index contributed by atoms with van der Waals surface area (Å²) < 4.78 is 18.9. The first kappa shape index (κ1) is 17.6. The van der Waals surface area contributed by atoms with Crippen LogP contribution in [0.1, 0.15) is 5.56 Å². The topological polar surface area (TPSA) is 81.5 Å². The Balaban J connectivity index is 1.71. The van der Waals surface area contributed by atoms with Crippen molar-refractivity contribution in [3.8, 4) is 5.75 Å². The van der Waals surface area contributed by atoms with Gasteiger partial charge in [-0.15, -0.1) is 0 Å². The number of nitro groups is 1. The molecule has 0 unspecified atom stereocenters. The smallest absolute Gasteiger partial charge is 0.306 e. The molecule has 1 N–H and O–H groups in total. The number of anilines is 1. The summed E-state index contributed by atoms with van der Waals surface area (Å²) in [6, 6.07) is 8.38. The summed E-state index contributed by atoms with van der Waals surface area (Å²) in [5, 5.41) is 13.7. The highest BCUT2D eigenvalue weighted by Crippen LogP contribution is 2.29. The van der Waals surface area contributed by atoms with Crippen LogP contribution in [0, 0.1) is 15.9 Å². The average molecular weight is 375 g/mol. The number of carbonyl (C=O) groups is 1. The lowest BCUT2D eigenvalue weighted by Crippen LogP contribution is -2.10. The summed E-state index contributed by atoms with van der Waals surface area (Å²) in [6.45, 7) is 0.292. The summed E-state index contributed by atoms with van der Waals surface area (Å²) in [7, 11) is 0. The van der Waals surface area contributed by atoms with Gasteiger partial charge in [-0.2, -0.15) is 4.39 Å². The van der Waals surface area contributed by atoms with E-state index in [-0.39, 0.29) is 5.69 Å². The second-order valence-corrected chi connectivity index (χ2v) is 5.87. The Morgan fingerprint density at radius 1 is 1.31 bits per heavy atom. The predicted octanol–water partition coefficient (Wildman–Crippen LogP) is 4.36. The number of carbonyl (C=O) groups excluding carboxylic acids is 1. The summed E-state index contributed by atoms with van der Waals surface area (Å²) in [4.78, 5) is 21.8. The van der Waals surface area contributed by atoms with Crippen molar-refractivity contribution in [2.24, 2.45) is 0 Å². The van der Waals surface area contributed by atoms with Gasteiger partial charge in [0.25, 0.3) is 0 Å². The highest BCUT2D eigenvalue weighted by atomic mass is 35.5. The standard InChI is InChI=1S/C18H12ClFN2O4/c19-13-2-5-17-12(8-13)7-11(10-26-17)1-6-18(23)21-14-3-4-15(20)16(9-14)22(24)25/h1-9H,10H2,(H,21,23)/b6-1+. The number of hydrogen-bond donors (Lipinski definition) is 1. The first-order chi connectivity index (χ1) is 12.4. The average Bonchev–Trinajstić information content (AvgIpc) is 2.61. The SMILES string of the molecule is O=C(/C=C/C1=Cc2cc(Cl)ccc2OC1)Nc1ccc(F)c([N+](=O)[O-])c1. The number of hydrogen-bond acceptors (Lipinski definition) is 4. The minimum Gasteiger partial charge on any atom is -0.488 e. The van der Waals surface area contributed by atoms with Gasteiger partial charge >= 0.3 is 5.69 Å². The Hall–Kier alpha value is -3.19. The van der Waals surface area contributed by atoms with Gasteiger partial charge in [-0.3, -0.25) is 14.9 Å². The molecule has 0 aromatic heterocycles. The number of rotatable bonds is 4. The van der Waals surface area contributed by atoms with Gasteiger partial charge in [0, 0.05) is 28.4 Å². The van der Waals surface area contributed by atoms with Crippen molar-refractivity contribution in [2.75, 3.05) is 11.9 Å². The van der Waals surface area contributed by atoms with Crippen molar-refractivity contribution in [2.45, 2.75) is 0 Å². The zero-order valence-electron chi connectivity index (χ0n) is 13.2. The molecule has 2 aromatic carbocycles. The third kappa shape index (κ3) is 4.07. The molecule has 0 spiro atoms. The Morgan fingerprint density at radius 3 is 2.88 bits per heavy atom. The molecule has 1 aliphatic heterocycles. The number of halogens is 2. The maximum absolute atomic E-state index is 13.3. The maximum Gasteiger partial charge on any atom is 0.306 e. The van der Waals surface area contributed by atoms with Crippen molar-refractivity contribution >= 4 is 35.0 Å². The van der Waals surface area contributed by atoms with Gasteiger partial charge in [0.2, 0.25) is 11.7 Å². The maximum atomic E-state index is 13.3. The first-order valence-corrected chi connectivity index (χ1v) is 7.86. The second-order valence-electron chi connectivity index (χ2n) is 5.44. The molecule has 1 aliphatic rings. The molecule has 0 aliphatic carbocycles. The number of benzene rings is 2. The lowest BCUT2D eigenvalue weighted by molar-refractivity contribution is -0.387. The van der Waals surface area contributed by atoms with Crippen LogP contribution < -0.4 is 10.1 Å². The van der Waals surface area contributed by atoms with E-state index < -0.39 is 22.3 Å². The molecular weight excluding hydrogens is 363 g/mol. The fraction of sp³-hybridized carbons (Fsp3) is 0.0556. The van der Waals surface area contributed by atoms with Gasteiger partial charge in [-0.1, -0.05) is 17.7 Å². The van der Waals surface area contributed by atoms with Crippen LogP contribution in [0.25, 0.3) is 6.08 Å². The van der Waals surface area contributed by atoms with Gasteiger partial charge in [0.05, 0.1) is 4.92 Å². The van der Waals surface area contributed by atoms with E-state index in [1.54, 1.807) is 24.3 Å². The Morgan fingerprint density at radius 2 is 2.12 bits per heavy atom. The monoisotopic (exact) mass is 374 g/mol. The number of nitro benzene ring substituents is 1. The van der Waals surface area contributed by atoms with E-state index in [0.717, 1.165) is 23.3 Å². The van der Waals surface area contributed by atoms with Crippen LogP contribution >= 0.6 is 11.6 Å². The second kappa shape index (κ2) is 7.37. The van der Waals surface area contributed by atoms with Gasteiger partial charge in [0.1, 0.15) is 12.4 Å². The van der Waals surface area contributed by atoms with Crippen LogP contribution in [0.4, 0.5) is 15.8 Å². The summed E-state index contributed by atoms with van der Waals surface area (Å²) >= 11 is 5.95. The zero-order chi connectivity index (χ0) is 18.7. The molecule has 2 aromatic rings. The Bertz CT molecular complexity index is 956. The number of fused-ring (bicyclic) bond motifs is 1. The molecule has 0 fully saturated rings. The Labute approximate surface area is 152 Å². The van der Waals surface area contributed by atoms with E-state index in [1.807, 2.05) is 6.08 Å². The van der Waals surface area contributed by atoms with Crippen molar-refractivity contribution in [3.63, 3.8) is 0 Å². The molecular formula is C18H12ClFN2O4. The van der Waals surface area contributed by atoms with Crippen LogP contribution in [0.15, 0.2) is 54.1 Å². The molecule has 1 heterocycles. The van der Waals surface area contributed by atoms with Crippen molar-refractivity contribution in [1.82, 2.24) is 0 Å². The third-order valence-corrected chi connectivity index (χ3v) is 3.80. The molecule has 132 valence electrons. The van der Waals surface area contributed by atoms with E-state index in [9.17, 15) is 19.3 Å². The van der Waals surface area contributed by atoms with Crippen LogP contribution in [0.2, 0.25) is 5.02 Å². The fourth-order valence-corrected chi connectivity index (χ4v) is 2.54. The fourth-order valence-electron chi connectivity index (χ4n) is 2.36. The number of ether oxygens (including phenoxy) is 1. The van der Waals surface area contributed by atoms with E-state index in [0.29, 0.717) is 17.4 Å². The lowest BCUT2D eigenvalue weighted by Gasteiger charge is -2.16. The quantitative estimate of drug-likeness (QED) is 0.490. The molecule has 0 radical (unpaired) electrons. The Kier molecular flexibility index (Phi) is 4.99. The molecule has 0 atom stereocenters. The first-order valence-electron chi connectivity index (χ1n) is 7.48. The van der Waals surface area contributed by atoms with Gasteiger partial charge in [0.15, 0.2) is 0 Å². The molecule has 26 heavy (non-hydrogen) atoms. The minimum atomic E-state index is -0.967. The molecule has 0 bridgehead atoms. The highest BCUT2D eigenvalue weighted by Gasteiger charge is 2.15. The minimum absolute atomic E-state index is 0.124. The predicted molar refractivity (Wildman–Crippen MR) is 95.7 cm³/mol. The lowest BCUT2D eigenvalue weighted by atomic mass is 10.1. The van der Waals surface area contributed by atoms with Crippen LogP contribution in [-0.4, -0.2) is 17.4 Å². The van der Waals surface area contributed by atoms with Crippen molar-refractivity contribution in [3.05, 3.63) is 80.6 Å². The van der Waals surface area contributed by atoms with Crippen LogP contribution in [-0.2, 0) is 4.79 Å². The number of amides is 1. The van der Waals surface area contributed by atoms with E-state index >= 15 is 0 Å². The van der Waals surface area contributed by atoms with E-state index in [4.69, 9.17) is 16.3 Å². The van der Waals surface area contributed by atoms with Gasteiger partial charge < -0.3 is 10.1 Å². The molecule has 0 saturated heterocycles. The van der Waals surface area contributed by atoms with Crippen molar-refractivity contribution < 1.29 is 18.8 Å². The van der Waals surface area contributed by atoms with Gasteiger partial charge in [-0.05, 0) is 42.0 Å².